The van der Waals surface area contributed by atoms with E-state index in [2.05, 4.69) is 29.1 Å². The topological polar surface area (TPSA) is 52.6 Å². The van der Waals surface area contributed by atoms with Crippen LogP contribution in [0.1, 0.15) is 27.4 Å². The third-order valence-electron chi connectivity index (χ3n) is 3.04. The number of carbonyl (C=O) groups excluding carboxylic acids is 1. The maximum absolute atomic E-state index is 11.9. The van der Waals surface area contributed by atoms with Crippen molar-refractivity contribution in [2.24, 2.45) is 0 Å². The number of carbonyl (C=O) groups is 1. The molecule has 0 saturated heterocycles. The lowest BCUT2D eigenvalue weighted by Crippen LogP contribution is -2.33. The smallest absolute Gasteiger partial charge is 0.261 e. The summed E-state index contributed by atoms with van der Waals surface area (Å²) in [5.74, 6) is 5.32. The highest BCUT2D eigenvalue weighted by Crippen LogP contribution is 2.24. The average molecular weight is 278 g/mol. The first kappa shape index (κ1) is 14.1. The van der Waals surface area contributed by atoms with Crippen molar-refractivity contribution in [3.63, 3.8) is 0 Å². The summed E-state index contributed by atoms with van der Waals surface area (Å²) in [7, 11) is 2.09. The van der Waals surface area contributed by atoms with Crippen molar-refractivity contribution >= 4 is 17.2 Å². The monoisotopic (exact) mass is 278 g/mol. The summed E-state index contributed by atoms with van der Waals surface area (Å²) < 4.78 is 0. The number of thiophene rings is 1. The van der Waals surface area contributed by atoms with Crippen LogP contribution in [0.4, 0.5) is 0 Å². The molecule has 1 aromatic heterocycles. The minimum absolute atomic E-state index is 0.0498. The van der Waals surface area contributed by atoms with Gasteiger partial charge in [-0.3, -0.25) is 4.79 Å². The number of aliphatic hydroxyl groups excluding tert-OH is 1. The Kier molecular flexibility index (Phi) is 4.97. The number of hydrogen-bond acceptors (Lipinski definition) is 4. The molecule has 0 bridgehead atoms. The van der Waals surface area contributed by atoms with Crippen LogP contribution in [0.15, 0.2) is 12.1 Å². The number of nitrogens with zero attached hydrogens (tertiary/aromatic N) is 1. The predicted molar refractivity (Wildman–Crippen MR) is 76.3 cm³/mol. The molecule has 0 atom stereocenters. The van der Waals surface area contributed by atoms with Crippen molar-refractivity contribution < 1.29 is 9.90 Å². The highest BCUT2D eigenvalue weighted by molar-refractivity contribution is 7.14. The standard InChI is InChI=1S/C14H18N2O2S/c1-16(11-4-5-11)9-8-15-14(18)13-7-6-12(19-13)3-2-10-17/h6-7,11,17H,4-5,8-10H2,1H3,(H,15,18). The minimum Gasteiger partial charge on any atom is -0.384 e. The Bertz CT molecular complexity index is 497. The normalized spacial score (nSPS) is 14.1. The van der Waals surface area contributed by atoms with Crippen molar-refractivity contribution in [1.82, 2.24) is 10.2 Å². The molecule has 0 aliphatic heterocycles. The van der Waals surface area contributed by atoms with Gasteiger partial charge in [0.25, 0.3) is 5.91 Å². The second-order valence-corrected chi connectivity index (χ2v) is 5.68. The van der Waals surface area contributed by atoms with Gasteiger partial charge in [0.2, 0.25) is 0 Å². The summed E-state index contributed by atoms with van der Waals surface area (Å²) in [6.45, 7) is 1.40. The molecular weight excluding hydrogens is 260 g/mol. The van der Waals surface area contributed by atoms with Gasteiger partial charge < -0.3 is 15.3 Å². The van der Waals surface area contributed by atoms with Gasteiger partial charge in [-0.05, 0) is 32.0 Å². The first-order valence-electron chi connectivity index (χ1n) is 6.38. The van der Waals surface area contributed by atoms with E-state index < -0.39 is 0 Å². The van der Waals surface area contributed by atoms with E-state index in [4.69, 9.17) is 5.11 Å². The molecule has 5 heteroatoms. The van der Waals surface area contributed by atoms with Gasteiger partial charge in [-0.25, -0.2) is 0 Å². The van der Waals surface area contributed by atoms with E-state index in [9.17, 15) is 4.79 Å². The van der Waals surface area contributed by atoms with Crippen LogP contribution < -0.4 is 5.32 Å². The summed E-state index contributed by atoms with van der Waals surface area (Å²) in [5, 5.41) is 11.5. The number of likely N-dealkylation sites (N-methyl/N-ethyl adjacent to an activating group) is 1. The Morgan fingerprint density at radius 3 is 3.05 bits per heavy atom. The van der Waals surface area contributed by atoms with Gasteiger partial charge in [-0.15, -0.1) is 11.3 Å². The summed E-state index contributed by atoms with van der Waals surface area (Å²) in [5.41, 5.74) is 0. The third kappa shape index (κ3) is 4.35. The van der Waals surface area contributed by atoms with E-state index in [-0.39, 0.29) is 12.5 Å². The van der Waals surface area contributed by atoms with E-state index >= 15 is 0 Å². The van der Waals surface area contributed by atoms with Crippen LogP contribution in [0.5, 0.6) is 0 Å². The fraction of sp³-hybridized carbons (Fsp3) is 0.500. The molecule has 0 unspecified atom stereocenters. The van der Waals surface area contributed by atoms with Gasteiger partial charge in [0.15, 0.2) is 0 Å². The van der Waals surface area contributed by atoms with E-state index in [0.717, 1.165) is 17.5 Å². The molecule has 1 aliphatic rings. The molecule has 2 N–H and O–H groups in total. The second-order valence-electron chi connectivity index (χ2n) is 4.59. The molecule has 1 aromatic rings. The molecule has 1 aliphatic carbocycles. The molecular formula is C14H18N2O2S. The van der Waals surface area contributed by atoms with Crippen LogP contribution in [0, 0.1) is 11.8 Å². The number of amides is 1. The van der Waals surface area contributed by atoms with Crippen molar-refractivity contribution in [3.05, 3.63) is 21.9 Å². The molecule has 0 aromatic carbocycles. The molecule has 0 radical (unpaired) electrons. The van der Waals surface area contributed by atoms with Crippen LogP contribution >= 0.6 is 11.3 Å². The summed E-state index contributed by atoms with van der Waals surface area (Å²) in [6, 6.07) is 4.30. The number of aliphatic hydroxyl groups is 1. The quantitative estimate of drug-likeness (QED) is 0.787. The van der Waals surface area contributed by atoms with Gasteiger partial charge in [0.05, 0.1) is 9.75 Å². The van der Waals surface area contributed by atoms with Crippen LogP contribution in [0.25, 0.3) is 0 Å². The van der Waals surface area contributed by atoms with Crippen LogP contribution in [0.3, 0.4) is 0 Å². The summed E-state index contributed by atoms with van der Waals surface area (Å²) in [6.07, 6.45) is 2.56. The third-order valence-corrected chi connectivity index (χ3v) is 4.04. The van der Waals surface area contributed by atoms with Gasteiger partial charge in [0.1, 0.15) is 6.61 Å². The lowest BCUT2D eigenvalue weighted by atomic mass is 10.4. The Hall–Kier alpha value is -1.35. The Labute approximate surface area is 117 Å². The zero-order chi connectivity index (χ0) is 13.7. The molecule has 0 spiro atoms. The Morgan fingerprint density at radius 1 is 1.58 bits per heavy atom. The molecule has 1 fully saturated rings. The number of nitrogens with one attached hydrogen (secondary N) is 1. The summed E-state index contributed by atoms with van der Waals surface area (Å²) >= 11 is 1.35. The van der Waals surface area contributed by atoms with E-state index in [1.807, 2.05) is 0 Å². The number of rotatable bonds is 5. The zero-order valence-corrected chi connectivity index (χ0v) is 11.8. The van der Waals surface area contributed by atoms with Crippen molar-refractivity contribution in [2.45, 2.75) is 18.9 Å². The van der Waals surface area contributed by atoms with E-state index in [1.165, 1.54) is 24.2 Å². The van der Waals surface area contributed by atoms with Crippen molar-refractivity contribution in [2.75, 3.05) is 26.7 Å². The van der Waals surface area contributed by atoms with Crippen molar-refractivity contribution in [1.29, 1.82) is 0 Å². The lowest BCUT2D eigenvalue weighted by molar-refractivity contribution is 0.0953. The second kappa shape index (κ2) is 6.71. The van der Waals surface area contributed by atoms with Crippen molar-refractivity contribution in [3.8, 4) is 11.8 Å². The van der Waals surface area contributed by atoms with Gasteiger partial charge in [-0.1, -0.05) is 11.8 Å². The fourth-order valence-corrected chi connectivity index (χ4v) is 2.58. The zero-order valence-electron chi connectivity index (χ0n) is 11.0. The van der Waals surface area contributed by atoms with E-state index in [1.54, 1.807) is 12.1 Å². The highest BCUT2D eigenvalue weighted by Gasteiger charge is 2.25. The fourth-order valence-electron chi connectivity index (χ4n) is 1.78. The molecule has 1 saturated carbocycles. The minimum atomic E-state index is -0.160. The number of hydrogen-bond donors (Lipinski definition) is 2. The largest absolute Gasteiger partial charge is 0.384 e. The SMILES string of the molecule is CN(CCNC(=O)c1ccc(C#CCO)s1)C1CC1. The Balaban J connectivity index is 1.77. The molecule has 19 heavy (non-hydrogen) atoms. The molecule has 102 valence electrons. The van der Waals surface area contributed by atoms with Crippen LogP contribution in [-0.4, -0.2) is 48.7 Å². The highest BCUT2D eigenvalue weighted by atomic mass is 32.1. The first-order chi connectivity index (χ1) is 9.20. The van der Waals surface area contributed by atoms with Crippen LogP contribution in [-0.2, 0) is 0 Å². The first-order valence-corrected chi connectivity index (χ1v) is 7.20. The molecule has 2 rings (SSSR count). The maximum Gasteiger partial charge on any atom is 0.261 e. The van der Waals surface area contributed by atoms with Gasteiger partial charge in [0, 0.05) is 19.1 Å². The molecule has 4 nitrogen and oxygen atoms in total. The maximum atomic E-state index is 11.9. The molecule has 1 heterocycles. The lowest BCUT2D eigenvalue weighted by Gasteiger charge is -2.15. The van der Waals surface area contributed by atoms with E-state index in [0.29, 0.717) is 11.4 Å². The van der Waals surface area contributed by atoms with Gasteiger partial charge >= 0.3 is 0 Å². The average Bonchev–Trinajstić information content (AvgIpc) is 3.15. The van der Waals surface area contributed by atoms with Crippen LogP contribution in [0.2, 0.25) is 0 Å². The van der Waals surface area contributed by atoms with Gasteiger partial charge in [-0.2, -0.15) is 0 Å². The predicted octanol–water partition coefficient (Wildman–Crippen LogP) is 0.916. The molecule has 1 amide bonds. The Morgan fingerprint density at radius 2 is 2.37 bits per heavy atom. The summed E-state index contributed by atoms with van der Waals surface area (Å²) in [4.78, 5) is 15.6.